The summed E-state index contributed by atoms with van der Waals surface area (Å²) < 4.78 is 7.38. The second-order valence-corrected chi connectivity index (χ2v) is 3.64. The zero-order valence-corrected chi connectivity index (χ0v) is 8.22. The fourth-order valence-electron chi connectivity index (χ4n) is 1.73. The SMILES string of the molecule is Nc1ncn(CCC2CCCCO2)n1. The summed E-state index contributed by atoms with van der Waals surface area (Å²) in [7, 11) is 0. The van der Waals surface area contributed by atoms with E-state index in [0.29, 0.717) is 12.1 Å². The minimum Gasteiger partial charge on any atom is -0.378 e. The number of anilines is 1. The Balaban J connectivity index is 1.76. The molecule has 0 aromatic carbocycles. The standard InChI is InChI=1S/C9H16N4O/c10-9-11-7-13(12-9)5-4-8-3-1-2-6-14-8/h7-8H,1-6H2,(H2,10,12). The smallest absolute Gasteiger partial charge is 0.239 e. The Kier molecular flexibility index (Phi) is 2.98. The van der Waals surface area contributed by atoms with E-state index in [2.05, 4.69) is 10.1 Å². The summed E-state index contributed by atoms with van der Waals surface area (Å²) in [6, 6.07) is 0. The molecule has 0 saturated carbocycles. The van der Waals surface area contributed by atoms with Gasteiger partial charge in [-0.05, 0) is 25.7 Å². The number of rotatable bonds is 3. The van der Waals surface area contributed by atoms with Gasteiger partial charge in [-0.3, -0.25) is 4.68 Å². The summed E-state index contributed by atoms with van der Waals surface area (Å²) in [6.07, 6.45) is 6.72. The Hall–Kier alpha value is -1.10. The predicted octanol–water partition coefficient (Wildman–Crippen LogP) is 0.819. The minimum absolute atomic E-state index is 0.342. The summed E-state index contributed by atoms with van der Waals surface area (Å²) >= 11 is 0. The third-order valence-electron chi connectivity index (χ3n) is 2.51. The molecule has 1 unspecified atom stereocenters. The number of nitrogens with two attached hydrogens (primary N) is 1. The lowest BCUT2D eigenvalue weighted by atomic mass is 10.1. The van der Waals surface area contributed by atoms with E-state index in [1.807, 2.05) is 0 Å². The Morgan fingerprint density at radius 3 is 3.14 bits per heavy atom. The highest BCUT2D eigenvalue weighted by Gasteiger charge is 2.13. The molecular formula is C9H16N4O. The van der Waals surface area contributed by atoms with Crippen LogP contribution in [-0.4, -0.2) is 27.5 Å². The number of ether oxygens (including phenoxy) is 1. The van der Waals surface area contributed by atoms with Crippen LogP contribution in [0.3, 0.4) is 0 Å². The van der Waals surface area contributed by atoms with E-state index in [-0.39, 0.29) is 0 Å². The maximum atomic E-state index is 5.61. The fraction of sp³-hybridized carbons (Fsp3) is 0.778. The molecule has 0 bridgehead atoms. The van der Waals surface area contributed by atoms with Crippen molar-refractivity contribution in [2.75, 3.05) is 12.3 Å². The molecule has 14 heavy (non-hydrogen) atoms. The second kappa shape index (κ2) is 4.41. The van der Waals surface area contributed by atoms with E-state index in [0.717, 1.165) is 19.6 Å². The number of aromatic nitrogens is 3. The number of hydrogen-bond donors (Lipinski definition) is 1. The minimum atomic E-state index is 0.342. The molecule has 0 radical (unpaired) electrons. The Morgan fingerprint density at radius 2 is 2.50 bits per heavy atom. The highest BCUT2D eigenvalue weighted by atomic mass is 16.5. The molecule has 5 nitrogen and oxygen atoms in total. The topological polar surface area (TPSA) is 66.0 Å². The molecule has 0 spiro atoms. The van der Waals surface area contributed by atoms with Crippen LogP contribution < -0.4 is 5.73 Å². The van der Waals surface area contributed by atoms with Crippen LogP contribution >= 0.6 is 0 Å². The van der Waals surface area contributed by atoms with Crippen LogP contribution in [-0.2, 0) is 11.3 Å². The van der Waals surface area contributed by atoms with Crippen molar-refractivity contribution in [3.05, 3.63) is 6.33 Å². The van der Waals surface area contributed by atoms with E-state index < -0.39 is 0 Å². The van der Waals surface area contributed by atoms with Crippen molar-refractivity contribution in [1.82, 2.24) is 14.8 Å². The largest absolute Gasteiger partial charge is 0.378 e. The van der Waals surface area contributed by atoms with Gasteiger partial charge >= 0.3 is 0 Å². The second-order valence-electron chi connectivity index (χ2n) is 3.64. The Morgan fingerprint density at radius 1 is 1.57 bits per heavy atom. The summed E-state index contributed by atoms with van der Waals surface area (Å²) in [5.41, 5.74) is 5.41. The first-order valence-corrected chi connectivity index (χ1v) is 5.11. The lowest BCUT2D eigenvalue weighted by Gasteiger charge is -2.22. The molecule has 2 heterocycles. The molecule has 2 rings (SSSR count). The van der Waals surface area contributed by atoms with Crippen LogP contribution in [0.15, 0.2) is 6.33 Å². The van der Waals surface area contributed by atoms with E-state index >= 15 is 0 Å². The van der Waals surface area contributed by atoms with Crippen LogP contribution in [0.2, 0.25) is 0 Å². The third-order valence-corrected chi connectivity index (χ3v) is 2.51. The van der Waals surface area contributed by atoms with Crippen LogP contribution in [0.25, 0.3) is 0 Å². The van der Waals surface area contributed by atoms with Gasteiger partial charge in [0.25, 0.3) is 0 Å². The van der Waals surface area contributed by atoms with E-state index in [9.17, 15) is 0 Å². The monoisotopic (exact) mass is 196 g/mol. The summed E-state index contributed by atoms with van der Waals surface area (Å²) in [5, 5.41) is 4.02. The molecular weight excluding hydrogens is 180 g/mol. The number of nitrogen functional groups attached to an aromatic ring is 1. The van der Waals surface area contributed by atoms with Gasteiger partial charge in [-0.2, -0.15) is 0 Å². The molecule has 0 aliphatic carbocycles. The van der Waals surface area contributed by atoms with Crippen molar-refractivity contribution in [2.24, 2.45) is 0 Å². The number of nitrogens with zero attached hydrogens (tertiary/aromatic N) is 3. The van der Waals surface area contributed by atoms with Crippen LogP contribution in [0.1, 0.15) is 25.7 Å². The molecule has 1 saturated heterocycles. The maximum absolute atomic E-state index is 5.61. The average molecular weight is 196 g/mol. The lowest BCUT2D eigenvalue weighted by Crippen LogP contribution is -2.20. The van der Waals surface area contributed by atoms with Gasteiger partial charge in [-0.15, -0.1) is 5.10 Å². The summed E-state index contributed by atoms with van der Waals surface area (Å²) in [4.78, 5) is 3.87. The van der Waals surface area contributed by atoms with Gasteiger partial charge < -0.3 is 10.5 Å². The lowest BCUT2D eigenvalue weighted by molar-refractivity contribution is 0.00827. The van der Waals surface area contributed by atoms with Crippen LogP contribution in [0.5, 0.6) is 0 Å². The molecule has 1 fully saturated rings. The maximum Gasteiger partial charge on any atom is 0.239 e. The van der Waals surface area contributed by atoms with Gasteiger partial charge in [0.15, 0.2) is 0 Å². The van der Waals surface area contributed by atoms with Gasteiger partial charge in [0.2, 0.25) is 5.95 Å². The first-order chi connectivity index (χ1) is 6.84. The number of hydrogen-bond acceptors (Lipinski definition) is 4. The van der Waals surface area contributed by atoms with Crippen molar-refractivity contribution in [1.29, 1.82) is 0 Å². The first kappa shape index (κ1) is 9.45. The normalized spacial score (nSPS) is 22.4. The molecule has 2 N–H and O–H groups in total. The Bertz CT molecular complexity index is 280. The summed E-state index contributed by atoms with van der Waals surface area (Å²) in [5.74, 6) is 0.342. The van der Waals surface area contributed by atoms with Crippen molar-refractivity contribution in [3.63, 3.8) is 0 Å². The van der Waals surface area contributed by atoms with Crippen molar-refractivity contribution < 1.29 is 4.74 Å². The van der Waals surface area contributed by atoms with Gasteiger partial charge in [-0.1, -0.05) is 0 Å². The molecule has 1 atom stereocenters. The third kappa shape index (κ3) is 2.45. The van der Waals surface area contributed by atoms with Gasteiger partial charge in [0.05, 0.1) is 6.10 Å². The molecule has 78 valence electrons. The molecule has 1 aliphatic heterocycles. The molecule has 5 heteroatoms. The van der Waals surface area contributed by atoms with Crippen LogP contribution in [0, 0.1) is 0 Å². The molecule has 1 aliphatic rings. The fourth-order valence-corrected chi connectivity index (χ4v) is 1.73. The highest BCUT2D eigenvalue weighted by Crippen LogP contribution is 2.15. The zero-order chi connectivity index (χ0) is 9.80. The van der Waals surface area contributed by atoms with E-state index in [1.54, 1.807) is 11.0 Å². The predicted molar refractivity (Wildman–Crippen MR) is 52.6 cm³/mol. The van der Waals surface area contributed by atoms with E-state index in [1.165, 1.54) is 19.3 Å². The summed E-state index contributed by atoms with van der Waals surface area (Å²) in [6.45, 7) is 1.75. The van der Waals surface area contributed by atoms with E-state index in [4.69, 9.17) is 10.5 Å². The molecule has 1 aromatic rings. The van der Waals surface area contributed by atoms with Crippen molar-refractivity contribution in [2.45, 2.75) is 38.3 Å². The molecule has 0 amide bonds. The average Bonchev–Trinajstić information content (AvgIpc) is 2.63. The first-order valence-electron chi connectivity index (χ1n) is 5.11. The quantitative estimate of drug-likeness (QED) is 0.777. The van der Waals surface area contributed by atoms with Gasteiger partial charge in [0, 0.05) is 13.2 Å². The van der Waals surface area contributed by atoms with Crippen molar-refractivity contribution >= 4 is 5.95 Å². The highest BCUT2D eigenvalue weighted by molar-refractivity contribution is 5.09. The molecule has 1 aromatic heterocycles. The van der Waals surface area contributed by atoms with Crippen LogP contribution in [0.4, 0.5) is 5.95 Å². The van der Waals surface area contributed by atoms with Crippen molar-refractivity contribution in [3.8, 4) is 0 Å². The number of aryl methyl sites for hydroxylation is 1. The Labute approximate surface area is 83.3 Å². The zero-order valence-electron chi connectivity index (χ0n) is 8.22. The van der Waals surface area contributed by atoms with Gasteiger partial charge in [-0.25, -0.2) is 4.98 Å². The van der Waals surface area contributed by atoms with Gasteiger partial charge in [0.1, 0.15) is 6.33 Å².